The van der Waals surface area contributed by atoms with Crippen molar-refractivity contribution in [2.75, 3.05) is 47.5 Å². The van der Waals surface area contributed by atoms with Crippen LogP contribution in [0.1, 0.15) is 438 Å². The van der Waals surface area contributed by atoms with Gasteiger partial charge in [-0.2, -0.15) is 0 Å². The van der Waals surface area contributed by atoms with Crippen molar-refractivity contribution in [2.24, 2.45) is 0 Å². The van der Waals surface area contributed by atoms with Gasteiger partial charge in [-0.1, -0.05) is 398 Å². The molecule has 0 aliphatic rings. The van der Waals surface area contributed by atoms with E-state index in [1.165, 1.54) is 372 Å². The van der Waals surface area contributed by atoms with Gasteiger partial charge in [-0.05, 0) is 38.5 Å². The maximum atomic E-state index is 12.9. The number of carbonyl (C=O) groups is 2. The summed E-state index contributed by atoms with van der Waals surface area (Å²) in [6.45, 7) is 4.34. The molecule has 536 valence electrons. The third-order valence-corrected chi connectivity index (χ3v) is 19.7. The predicted octanol–water partition coefficient (Wildman–Crippen LogP) is 26.0. The molecule has 0 spiro atoms. The number of unbranched alkanes of at least 4 members (excludes halogenated alkanes) is 61. The lowest BCUT2D eigenvalue weighted by atomic mass is 10.0. The van der Waals surface area contributed by atoms with Gasteiger partial charge in [-0.25, -0.2) is 0 Å². The molecule has 10 heteroatoms. The Morgan fingerprint density at radius 1 is 0.333 bits per heavy atom. The van der Waals surface area contributed by atoms with E-state index in [-0.39, 0.29) is 32.0 Å². The van der Waals surface area contributed by atoms with Gasteiger partial charge in [0.05, 0.1) is 27.7 Å². The Kier molecular flexibility index (Phi) is 71.0. The second-order valence-electron chi connectivity index (χ2n) is 29.1. The number of hydrogen-bond acceptors (Lipinski definition) is 8. The van der Waals surface area contributed by atoms with Crippen molar-refractivity contribution in [3.63, 3.8) is 0 Å². The van der Waals surface area contributed by atoms with Crippen molar-refractivity contribution in [3.05, 3.63) is 12.2 Å². The lowest BCUT2D eigenvalue weighted by Gasteiger charge is -2.28. The molecule has 0 saturated heterocycles. The van der Waals surface area contributed by atoms with Gasteiger partial charge in [0.15, 0.2) is 6.10 Å². The molecule has 0 fully saturated rings. The van der Waals surface area contributed by atoms with E-state index in [4.69, 9.17) is 18.5 Å². The van der Waals surface area contributed by atoms with Crippen LogP contribution in [0.3, 0.4) is 0 Å². The first kappa shape index (κ1) is 88.8. The predicted molar refractivity (Wildman–Crippen MR) is 388 cm³/mol. The van der Waals surface area contributed by atoms with Crippen LogP contribution in [0.5, 0.6) is 0 Å². The Morgan fingerprint density at radius 3 is 0.822 bits per heavy atom. The molecule has 0 aromatic rings. The molecule has 0 aliphatic carbocycles. The third-order valence-electron chi connectivity index (χ3n) is 18.8. The fraction of sp³-hybridized carbons (Fsp3) is 0.950. The Labute approximate surface area is 562 Å². The van der Waals surface area contributed by atoms with Crippen molar-refractivity contribution in [3.8, 4) is 0 Å². The molecule has 0 amide bonds. The zero-order valence-electron chi connectivity index (χ0n) is 61.4. The number of hydrogen-bond donors (Lipinski definition) is 0. The van der Waals surface area contributed by atoms with Gasteiger partial charge in [-0.15, -0.1) is 0 Å². The molecule has 0 aromatic heterocycles. The van der Waals surface area contributed by atoms with Crippen LogP contribution in [0.25, 0.3) is 0 Å². The highest BCUT2D eigenvalue weighted by Gasteiger charge is 2.22. The maximum absolute atomic E-state index is 12.9. The highest BCUT2D eigenvalue weighted by molar-refractivity contribution is 7.45. The molecule has 0 heterocycles. The van der Waals surface area contributed by atoms with E-state index in [1.807, 2.05) is 21.1 Å². The Morgan fingerprint density at radius 2 is 0.567 bits per heavy atom. The Bertz CT molecular complexity index is 1520. The van der Waals surface area contributed by atoms with Crippen LogP contribution >= 0.6 is 7.82 Å². The number of phosphoric acid groups is 1. The fourth-order valence-corrected chi connectivity index (χ4v) is 13.3. The van der Waals surface area contributed by atoms with Crippen LogP contribution in [0.15, 0.2) is 12.2 Å². The van der Waals surface area contributed by atoms with Crippen LogP contribution in [-0.2, 0) is 32.7 Å². The van der Waals surface area contributed by atoms with Crippen molar-refractivity contribution >= 4 is 19.8 Å². The summed E-state index contributed by atoms with van der Waals surface area (Å²) < 4.78 is 34.4. The van der Waals surface area contributed by atoms with Crippen molar-refractivity contribution in [1.82, 2.24) is 0 Å². The molecular weight excluding hydrogens is 1130 g/mol. The Balaban J connectivity index is 3.89. The maximum Gasteiger partial charge on any atom is 0.306 e. The first-order valence-corrected chi connectivity index (χ1v) is 41.9. The molecule has 0 bridgehead atoms. The standard InChI is InChI=1S/C80H158NO8P/c1-6-8-10-12-14-16-18-20-22-24-26-28-30-32-34-36-38-40-42-44-46-48-50-52-54-56-58-60-62-64-66-68-70-72-79(82)86-76-78(77-88-90(84,85)87-75-74-81(3,4)5)89-80(83)73-71-69-67-65-63-61-59-57-55-53-51-49-47-45-43-41-39-37-35-33-31-29-27-25-23-21-19-17-15-13-11-9-7-2/h25,27,78H,6-24,26,28-77H2,1-5H3/b27-25-. The minimum atomic E-state index is -4.64. The van der Waals surface area contributed by atoms with E-state index < -0.39 is 26.5 Å². The first-order valence-electron chi connectivity index (χ1n) is 40.4. The van der Waals surface area contributed by atoms with Crippen molar-refractivity contribution < 1.29 is 42.1 Å². The Hall–Kier alpha value is -1.25. The number of carbonyl (C=O) groups excluding carboxylic acids is 2. The number of esters is 2. The third kappa shape index (κ3) is 75.8. The quantitative estimate of drug-likeness (QED) is 0.0195. The fourth-order valence-electron chi connectivity index (χ4n) is 12.6. The van der Waals surface area contributed by atoms with Gasteiger partial charge < -0.3 is 27.9 Å². The zero-order chi connectivity index (χ0) is 65.5. The largest absolute Gasteiger partial charge is 0.756 e. The second-order valence-corrected chi connectivity index (χ2v) is 30.6. The van der Waals surface area contributed by atoms with Crippen LogP contribution in [0.2, 0.25) is 0 Å². The van der Waals surface area contributed by atoms with Gasteiger partial charge in [0.25, 0.3) is 7.82 Å². The molecule has 0 aromatic carbocycles. The summed E-state index contributed by atoms with van der Waals surface area (Å²) in [4.78, 5) is 38.2. The van der Waals surface area contributed by atoms with Gasteiger partial charge in [-0.3, -0.25) is 14.2 Å². The van der Waals surface area contributed by atoms with Gasteiger partial charge in [0.1, 0.15) is 19.8 Å². The van der Waals surface area contributed by atoms with E-state index in [0.717, 1.165) is 32.1 Å². The summed E-state index contributed by atoms with van der Waals surface area (Å²) >= 11 is 0. The van der Waals surface area contributed by atoms with Crippen molar-refractivity contribution in [1.29, 1.82) is 0 Å². The molecule has 0 radical (unpaired) electrons. The van der Waals surface area contributed by atoms with E-state index in [9.17, 15) is 19.0 Å². The minimum absolute atomic E-state index is 0.0256. The highest BCUT2D eigenvalue weighted by Crippen LogP contribution is 2.38. The monoisotopic (exact) mass is 1290 g/mol. The molecule has 0 N–H and O–H groups in total. The number of rotatable bonds is 77. The lowest BCUT2D eigenvalue weighted by molar-refractivity contribution is -0.870. The summed E-state index contributed by atoms with van der Waals surface area (Å²) in [6.07, 6.45) is 90.6. The smallest absolute Gasteiger partial charge is 0.306 e. The molecule has 0 rings (SSSR count). The van der Waals surface area contributed by atoms with Gasteiger partial charge in [0.2, 0.25) is 0 Å². The molecule has 0 saturated carbocycles. The molecule has 0 aliphatic heterocycles. The summed E-state index contributed by atoms with van der Waals surface area (Å²) in [7, 11) is 1.20. The summed E-state index contributed by atoms with van der Waals surface area (Å²) in [5.74, 6) is -0.802. The van der Waals surface area contributed by atoms with Crippen molar-refractivity contribution in [2.45, 2.75) is 444 Å². The average Bonchev–Trinajstić information content (AvgIpc) is 3.58. The van der Waals surface area contributed by atoms with Crippen LogP contribution in [0, 0.1) is 0 Å². The van der Waals surface area contributed by atoms with Crippen LogP contribution in [0.4, 0.5) is 0 Å². The highest BCUT2D eigenvalue weighted by atomic mass is 31.2. The number of phosphoric ester groups is 1. The second kappa shape index (κ2) is 72.0. The summed E-state index contributed by atoms with van der Waals surface area (Å²) in [5.41, 5.74) is 0. The van der Waals surface area contributed by atoms with E-state index in [0.29, 0.717) is 17.4 Å². The zero-order valence-corrected chi connectivity index (χ0v) is 62.3. The SMILES string of the molecule is CCCCCCCCCC/C=C\CCCCCCCCCCCCCCCCCCCCCCCC(=O)OC(COC(=O)CCCCCCCCCCCCCCCCCCCCCCCCCCCCCCCCCCC)COP(=O)([O-])OCC[N+](C)(C)C. The first-order chi connectivity index (χ1) is 44.0. The topological polar surface area (TPSA) is 111 Å². The molecule has 2 unspecified atom stereocenters. The number of nitrogens with zero attached hydrogens (tertiary/aromatic N) is 1. The average molecular weight is 1290 g/mol. The molecule has 9 nitrogen and oxygen atoms in total. The number of allylic oxidation sites excluding steroid dienone is 2. The van der Waals surface area contributed by atoms with Gasteiger partial charge in [0, 0.05) is 12.8 Å². The minimum Gasteiger partial charge on any atom is -0.756 e. The number of likely N-dealkylation sites (N-methyl/N-ethyl adjacent to an activating group) is 1. The number of quaternary nitrogens is 1. The molecular formula is C80H158NO8P. The molecule has 2 atom stereocenters. The lowest BCUT2D eigenvalue weighted by Crippen LogP contribution is -2.37. The van der Waals surface area contributed by atoms with Gasteiger partial charge >= 0.3 is 11.9 Å². The molecule has 90 heavy (non-hydrogen) atoms. The van der Waals surface area contributed by atoms with Crippen LogP contribution in [-0.4, -0.2) is 70.0 Å². The van der Waals surface area contributed by atoms with E-state index in [2.05, 4.69) is 26.0 Å². The van der Waals surface area contributed by atoms with E-state index in [1.54, 1.807) is 0 Å². The van der Waals surface area contributed by atoms with E-state index >= 15 is 0 Å². The summed E-state index contributed by atoms with van der Waals surface area (Å²) in [5, 5.41) is 0. The normalized spacial score (nSPS) is 13.0. The number of ether oxygens (including phenoxy) is 2. The summed E-state index contributed by atoms with van der Waals surface area (Å²) in [6, 6.07) is 0. The van der Waals surface area contributed by atoms with Crippen LogP contribution < -0.4 is 4.89 Å².